The second kappa shape index (κ2) is 6.71. The Kier molecular flexibility index (Phi) is 4.95. The smallest absolute Gasteiger partial charge is 0.175 e. The fourth-order valence-electron chi connectivity index (χ4n) is 1.74. The Morgan fingerprint density at radius 3 is 2.57 bits per heavy atom. The summed E-state index contributed by atoms with van der Waals surface area (Å²) in [5, 5.41) is 4.96. The summed E-state index contributed by atoms with van der Waals surface area (Å²) in [5.41, 5.74) is 4.46. The van der Waals surface area contributed by atoms with Gasteiger partial charge >= 0.3 is 0 Å². The minimum absolute atomic E-state index is 0.472. The van der Waals surface area contributed by atoms with Crippen LogP contribution in [0.4, 0.5) is 0 Å². The molecule has 3 N–H and O–H groups in total. The molecule has 1 aromatic heterocycles. The number of rotatable bonds is 3. The zero-order valence-corrected chi connectivity index (χ0v) is 13.0. The molecule has 0 saturated carbocycles. The first-order valence-electron chi connectivity index (χ1n) is 6.01. The van der Waals surface area contributed by atoms with E-state index >= 15 is 0 Å². The van der Waals surface area contributed by atoms with E-state index in [4.69, 9.17) is 29.0 Å². The highest BCUT2D eigenvalue weighted by Gasteiger charge is 2.11. The fourth-order valence-corrected chi connectivity index (χ4v) is 2.04. The van der Waals surface area contributed by atoms with E-state index in [1.807, 2.05) is 20.2 Å². The summed E-state index contributed by atoms with van der Waals surface area (Å²) in [6.07, 6.45) is 1.46. The Labute approximate surface area is 132 Å². The number of halogens is 2. The van der Waals surface area contributed by atoms with Crippen molar-refractivity contribution in [1.29, 1.82) is 0 Å². The lowest BCUT2D eigenvalue weighted by Gasteiger charge is -2.15. The maximum absolute atomic E-state index is 6.03. The normalized spacial score (nSPS) is 11.4. The summed E-state index contributed by atoms with van der Waals surface area (Å²) >= 11 is 12.0. The molecule has 6 nitrogen and oxygen atoms in total. The number of hydrogen-bond acceptors (Lipinski definition) is 5. The number of hydrazone groups is 1. The Morgan fingerprint density at radius 1 is 1.19 bits per heavy atom. The molecule has 0 radical (unpaired) electrons. The molecule has 0 aliphatic rings. The average Bonchev–Trinajstić information content (AvgIpc) is 2.47. The van der Waals surface area contributed by atoms with Crippen LogP contribution in [0.1, 0.15) is 5.69 Å². The molecule has 0 saturated heterocycles. The van der Waals surface area contributed by atoms with Crippen molar-refractivity contribution in [2.75, 3.05) is 14.1 Å². The van der Waals surface area contributed by atoms with Gasteiger partial charge in [0.25, 0.3) is 0 Å². The van der Waals surface area contributed by atoms with Crippen molar-refractivity contribution in [1.82, 2.24) is 20.4 Å². The van der Waals surface area contributed by atoms with Crippen LogP contribution in [0.15, 0.2) is 35.7 Å². The van der Waals surface area contributed by atoms with Crippen molar-refractivity contribution in [3.63, 3.8) is 0 Å². The molecule has 0 aliphatic heterocycles. The first-order valence-corrected chi connectivity index (χ1v) is 6.77. The Balaban J connectivity index is 2.46. The van der Waals surface area contributed by atoms with Gasteiger partial charge in [-0.2, -0.15) is 0 Å². The largest absolute Gasteiger partial charge is 0.359 e. The third-order valence-electron chi connectivity index (χ3n) is 2.71. The lowest BCUT2D eigenvalue weighted by Crippen LogP contribution is -2.29. The zero-order valence-electron chi connectivity index (χ0n) is 11.5. The van der Waals surface area contributed by atoms with Gasteiger partial charge in [0.05, 0.1) is 15.7 Å². The molecule has 0 spiro atoms. The lowest BCUT2D eigenvalue weighted by molar-refractivity contribution is 0.605. The van der Waals surface area contributed by atoms with E-state index in [0.29, 0.717) is 27.3 Å². The standard InChI is InChI=1S/C13H14Cl2N6/c1-21(2)13(19-20-16)12-6-11(17-7-18-12)8-3-4-9(14)10(15)5-8/h3-7,20H,16H2,1-2H3/b19-13-. The summed E-state index contributed by atoms with van der Waals surface area (Å²) in [4.78, 5) is 10.2. The highest BCUT2D eigenvalue weighted by atomic mass is 35.5. The molecule has 1 aromatic carbocycles. The predicted molar refractivity (Wildman–Crippen MR) is 85.0 cm³/mol. The molecule has 8 heteroatoms. The van der Waals surface area contributed by atoms with E-state index < -0.39 is 0 Å². The van der Waals surface area contributed by atoms with Crippen LogP contribution >= 0.6 is 23.2 Å². The van der Waals surface area contributed by atoms with Crippen LogP contribution in [0, 0.1) is 0 Å². The zero-order chi connectivity index (χ0) is 15.4. The minimum Gasteiger partial charge on any atom is -0.359 e. The molecule has 0 bridgehead atoms. The Hall–Kier alpha value is -1.89. The van der Waals surface area contributed by atoms with Gasteiger partial charge in [0.15, 0.2) is 5.84 Å². The first-order chi connectivity index (χ1) is 10.0. The number of benzene rings is 1. The van der Waals surface area contributed by atoms with E-state index in [2.05, 4.69) is 20.6 Å². The van der Waals surface area contributed by atoms with Gasteiger partial charge in [-0.3, -0.25) is 0 Å². The summed E-state index contributed by atoms with van der Waals surface area (Å²) in [5.74, 6) is 5.84. The van der Waals surface area contributed by atoms with Crippen LogP contribution in [0.25, 0.3) is 11.3 Å². The summed E-state index contributed by atoms with van der Waals surface area (Å²) in [6.45, 7) is 0. The van der Waals surface area contributed by atoms with Crippen molar-refractivity contribution in [3.8, 4) is 11.3 Å². The van der Waals surface area contributed by atoms with E-state index in [1.165, 1.54) is 6.33 Å². The number of aromatic nitrogens is 2. The summed E-state index contributed by atoms with van der Waals surface area (Å²) < 4.78 is 0. The van der Waals surface area contributed by atoms with Crippen molar-refractivity contribution in [2.24, 2.45) is 10.9 Å². The maximum Gasteiger partial charge on any atom is 0.175 e. The first kappa shape index (κ1) is 15.5. The Morgan fingerprint density at radius 2 is 1.95 bits per heavy atom. The molecule has 110 valence electrons. The van der Waals surface area contributed by atoms with Gasteiger partial charge in [-0.25, -0.2) is 21.3 Å². The molecule has 0 atom stereocenters. The van der Waals surface area contributed by atoms with Crippen molar-refractivity contribution in [2.45, 2.75) is 0 Å². The number of nitrogens with zero attached hydrogens (tertiary/aromatic N) is 4. The number of hydrogen-bond donors (Lipinski definition) is 2. The minimum atomic E-state index is 0.472. The molecular weight excluding hydrogens is 311 g/mol. The molecule has 21 heavy (non-hydrogen) atoms. The Bertz CT molecular complexity index is 671. The number of nitrogens with two attached hydrogens (primary N) is 1. The van der Waals surface area contributed by atoms with Crippen LogP contribution < -0.4 is 11.4 Å². The van der Waals surface area contributed by atoms with Crippen LogP contribution in [0.2, 0.25) is 10.0 Å². The third-order valence-corrected chi connectivity index (χ3v) is 3.44. The average molecular weight is 325 g/mol. The number of nitrogens with one attached hydrogen (secondary N) is 1. The number of amidine groups is 1. The van der Waals surface area contributed by atoms with Gasteiger partial charge in [0.2, 0.25) is 0 Å². The van der Waals surface area contributed by atoms with Gasteiger partial charge in [-0.05, 0) is 18.2 Å². The van der Waals surface area contributed by atoms with E-state index in [-0.39, 0.29) is 0 Å². The molecule has 0 aliphatic carbocycles. The number of hydrazine groups is 1. The monoisotopic (exact) mass is 324 g/mol. The van der Waals surface area contributed by atoms with Crippen molar-refractivity contribution < 1.29 is 0 Å². The van der Waals surface area contributed by atoms with Crippen molar-refractivity contribution >= 4 is 29.0 Å². The molecule has 2 aromatic rings. The maximum atomic E-state index is 6.03. The molecule has 2 rings (SSSR count). The summed E-state index contributed by atoms with van der Waals surface area (Å²) in [6, 6.07) is 7.12. The van der Waals surface area contributed by atoms with Crippen molar-refractivity contribution in [3.05, 3.63) is 46.3 Å². The molecule has 1 heterocycles. The molecule has 0 unspecified atom stereocenters. The second-order valence-corrected chi connectivity index (χ2v) is 5.19. The molecule has 0 amide bonds. The lowest BCUT2D eigenvalue weighted by atomic mass is 10.1. The van der Waals surface area contributed by atoms with Crippen LogP contribution in [0.3, 0.4) is 0 Å². The van der Waals surface area contributed by atoms with Crippen LogP contribution in [-0.4, -0.2) is 34.8 Å². The second-order valence-electron chi connectivity index (χ2n) is 4.38. The highest BCUT2D eigenvalue weighted by Crippen LogP contribution is 2.27. The van der Waals surface area contributed by atoms with E-state index in [9.17, 15) is 0 Å². The SMILES string of the molecule is CN(C)/C(=N\NN)c1cc(-c2ccc(Cl)c(Cl)c2)ncn1. The van der Waals surface area contributed by atoms with Crippen LogP contribution in [0.5, 0.6) is 0 Å². The van der Waals surface area contributed by atoms with E-state index in [1.54, 1.807) is 23.1 Å². The molecule has 0 fully saturated rings. The summed E-state index contributed by atoms with van der Waals surface area (Å²) in [7, 11) is 3.69. The topological polar surface area (TPSA) is 79.4 Å². The highest BCUT2D eigenvalue weighted by molar-refractivity contribution is 6.42. The fraction of sp³-hybridized carbons (Fsp3) is 0.154. The van der Waals surface area contributed by atoms with Gasteiger partial charge in [0, 0.05) is 19.7 Å². The van der Waals surface area contributed by atoms with Crippen LogP contribution in [-0.2, 0) is 0 Å². The third kappa shape index (κ3) is 3.60. The molecular formula is C13H14Cl2N6. The van der Waals surface area contributed by atoms with Gasteiger partial charge in [-0.15, -0.1) is 5.10 Å². The van der Waals surface area contributed by atoms with Gasteiger partial charge in [0.1, 0.15) is 12.0 Å². The quantitative estimate of drug-likeness (QED) is 0.391. The van der Waals surface area contributed by atoms with Gasteiger partial charge < -0.3 is 4.90 Å². The van der Waals surface area contributed by atoms with Gasteiger partial charge in [-0.1, -0.05) is 29.3 Å². The van der Waals surface area contributed by atoms with E-state index in [0.717, 1.165) is 5.56 Å². The predicted octanol–water partition coefficient (Wildman–Crippen LogP) is 2.14.